The number of nitrogens with zero attached hydrogens (tertiary/aromatic N) is 1. The van der Waals surface area contributed by atoms with Gasteiger partial charge in [0, 0.05) is 42.9 Å². The molecular weight excluding hydrogens is 532 g/mol. The largest absolute Gasteiger partial charge is 0.508 e. The molecule has 1 unspecified atom stereocenters. The molecule has 0 bridgehead atoms. The molecule has 2 heterocycles. The zero-order chi connectivity index (χ0) is 30.3. The van der Waals surface area contributed by atoms with Crippen molar-refractivity contribution < 1.29 is 38.9 Å². The topological polar surface area (TPSA) is 170 Å². The Morgan fingerprint density at radius 2 is 1.95 bits per heavy atom. The predicted octanol–water partition coefficient (Wildman–Crippen LogP) is 3.28. The summed E-state index contributed by atoms with van der Waals surface area (Å²) in [7, 11) is 0. The number of phenols is 1. The highest BCUT2D eigenvalue weighted by atomic mass is 16.6. The molecule has 1 fully saturated rings. The molecular formula is C29H42N4O8. The number of amides is 3. The summed E-state index contributed by atoms with van der Waals surface area (Å²) in [5.41, 5.74) is 0.723. The highest BCUT2D eigenvalue weighted by Gasteiger charge is 2.33. The average Bonchev–Trinajstić information content (AvgIpc) is 3.30. The molecule has 1 saturated heterocycles. The molecule has 0 radical (unpaired) electrons. The van der Waals surface area contributed by atoms with Crippen molar-refractivity contribution in [2.75, 3.05) is 13.2 Å². The van der Waals surface area contributed by atoms with Gasteiger partial charge in [-0.1, -0.05) is 20.3 Å². The van der Waals surface area contributed by atoms with Crippen LogP contribution in [0.15, 0.2) is 24.4 Å². The Morgan fingerprint density at radius 3 is 2.61 bits per heavy atom. The summed E-state index contributed by atoms with van der Waals surface area (Å²) in [5.74, 6) is -2.54. The fourth-order valence-electron chi connectivity index (χ4n) is 4.68. The number of rotatable bonds is 11. The van der Waals surface area contributed by atoms with Crippen LogP contribution in [-0.2, 0) is 30.3 Å². The molecule has 0 spiro atoms. The van der Waals surface area contributed by atoms with Crippen LogP contribution in [0, 0.1) is 5.92 Å². The molecule has 3 amide bonds. The number of hydrogen-bond donors (Lipinski definition) is 5. The van der Waals surface area contributed by atoms with Crippen LogP contribution < -0.4 is 10.6 Å². The number of carbonyl (C=O) groups is 4. The van der Waals surface area contributed by atoms with E-state index in [0.29, 0.717) is 36.9 Å². The minimum Gasteiger partial charge on any atom is -0.508 e. The summed E-state index contributed by atoms with van der Waals surface area (Å²) < 4.78 is 11.2. The third-order valence-corrected chi connectivity index (χ3v) is 7.05. The molecule has 1 aromatic heterocycles. The summed E-state index contributed by atoms with van der Waals surface area (Å²) in [6.07, 6.45) is 1.88. The van der Waals surface area contributed by atoms with Crippen molar-refractivity contribution in [2.45, 2.75) is 90.6 Å². The number of carbonyl (C=O) groups excluding carboxylic acids is 3. The minimum absolute atomic E-state index is 0.0455. The van der Waals surface area contributed by atoms with E-state index < -0.39 is 47.8 Å². The van der Waals surface area contributed by atoms with Crippen LogP contribution >= 0.6 is 0 Å². The number of carboxylic acid groups (broad SMARTS) is 1. The molecule has 1 aliphatic rings. The summed E-state index contributed by atoms with van der Waals surface area (Å²) in [6, 6.07) is 2.57. The van der Waals surface area contributed by atoms with Crippen molar-refractivity contribution in [1.82, 2.24) is 20.5 Å². The number of benzene rings is 1. The number of fused-ring (bicyclic) bond motifs is 1. The van der Waals surface area contributed by atoms with Gasteiger partial charge < -0.3 is 35.3 Å². The second kappa shape index (κ2) is 13.7. The summed E-state index contributed by atoms with van der Waals surface area (Å²) in [5, 5.41) is 25.7. The van der Waals surface area contributed by atoms with Gasteiger partial charge in [-0.15, -0.1) is 0 Å². The second-order valence-electron chi connectivity index (χ2n) is 11.5. The zero-order valence-corrected chi connectivity index (χ0v) is 24.4. The Kier molecular flexibility index (Phi) is 10.6. The van der Waals surface area contributed by atoms with Crippen LogP contribution in [0.1, 0.15) is 65.9 Å². The van der Waals surface area contributed by atoms with E-state index in [1.54, 1.807) is 46.0 Å². The fraction of sp³-hybridized carbons (Fsp3) is 0.586. The smallest absolute Gasteiger partial charge is 0.412 e. The van der Waals surface area contributed by atoms with Crippen molar-refractivity contribution in [3.05, 3.63) is 30.0 Å². The first kappa shape index (κ1) is 31.7. The zero-order valence-electron chi connectivity index (χ0n) is 24.4. The van der Waals surface area contributed by atoms with Gasteiger partial charge in [-0.2, -0.15) is 0 Å². The van der Waals surface area contributed by atoms with Gasteiger partial charge >= 0.3 is 12.1 Å². The van der Waals surface area contributed by atoms with E-state index in [1.165, 1.54) is 11.0 Å². The lowest BCUT2D eigenvalue weighted by molar-refractivity contribution is -0.143. The van der Waals surface area contributed by atoms with Gasteiger partial charge in [0.15, 0.2) is 0 Å². The van der Waals surface area contributed by atoms with E-state index in [4.69, 9.17) is 9.47 Å². The van der Waals surface area contributed by atoms with E-state index in [0.717, 1.165) is 5.52 Å². The molecule has 4 atom stereocenters. The number of aliphatic carboxylic acids is 1. The molecule has 3 rings (SSSR count). The fourth-order valence-corrected chi connectivity index (χ4v) is 4.68. The number of aromatic amines is 1. The van der Waals surface area contributed by atoms with Crippen molar-refractivity contribution >= 4 is 34.8 Å². The van der Waals surface area contributed by atoms with Gasteiger partial charge in [0.2, 0.25) is 11.8 Å². The molecule has 0 aliphatic carbocycles. The summed E-state index contributed by atoms with van der Waals surface area (Å²) in [6.45, 7) is 9.76. The Labute approximate surface area is 239 Å². The molecule has 12 nitrogen and oxygen atoms in total. The number of aromatic nitrogens is 1. The molecule has 1 aliphatic heterocycles. The highest BCUT2D eigenvalue weighted by molar-refractivity contribution is 5.92. The van der Waals surface area contributed by atoms with Gasteiger partial charge in [0.1, 0.15) is 29.7 Å². The van der Waals surface area contributed by atoms with Crippen LogP contribution in [0.5, 0.6) is 5.75 Å². The molecule has 1 aromatic carbocycles. The van der Waals surface area contributed by atoms with Crippen LogP contribution in [0.3, 0.4) is 0 Å². The monoisotopic (exact) mass is 574 g/mol. The molecule has 0 saturated carbocycles. The first-order valence-electron chi connectivity index (χ1n) is 14.0. The number of H-pyrrole nitrogens is 1. The Balaban J connectivity index is 1.75. The van der Waals surface area contributed by atoms with E-state index in [9.17, 15) is 29.4 Å². The maximum absolute atomic E-state index is 13.4. The van der Waals surface area contributed by atoms with Gasteiger partial charge in [-0.25, -0.2) is 9.59 Å². The lowest BCUT2D eigenvalue weighted by Crippen LogP contribution is -2.54. The molecule has 226 valence electrons. The van der Waals surface area contributed by atoms with Gasteiger partial charge in [-0.3, -0.25) is 14.5 Å². The maximum atomic E-state index is 13.4. The van der Waals surface area contributed by atoms with Crippen LogP contribution in [0.2, 0.25) is 0 Å². The van der Waals surface area contributed by atoms with Crippen molar-refractivity contribution in [3.63, 3.8) is 0 Å². The second-order valence-corrected chi connectivity index (χ2v) is 11.5. The van der Waals surface area contributed by atoms with Gasteiger partial charge in [0.05, 0.1) is 6.61 Å². The SMILES string of the molecule is CC[C@H](C)[C@H](NC(=O)[C@H](Cc1c[nH]c2ccc(O)cc12)NC(=O)CCC1OCCCN1C(=O)OC(C)(C)C)C(=O)O. The van der Waals surface area contributed by atoms with Gasteiger partial charge in [-0.05, 0) is 56.9 Å². The number of phenolic OH excluding ortho intramolecular Hbond substituents is 1. The number of hydrogen-bond acceptors (Lipinski definition) is 7. The lowest BCUT2D eigenvalue weighted by atomic mass is 9.98. The number of aromatic hydroxyl groups is 1. The molecule has 12 heteroatoms. The standard InChI is InChI=1S/C29H42N4O8/c1-6-17(2)25(27(37)38)32-26(36)22(14-18-16-30-21-9-8-19(34)15-20(18)21)31-23(35)10-11-24-33(12-7-13-40-24)28(39)41-29(3,4)5/h8-9,15-17,22,24-25,30,34H,6-7,10-14H2,1-5H3,(H,31,35)(H,32,36)(H,37,38)/t17-,22-,24?,25-/m0/s1. The van der Waals surface area contributed by atoms with E-state index in [-0.39, 0.29) is 30.9 Å². The van der Waals surface area contributed by atoms with Crippen LogP contribution in [-0.4, -0.2) is 81.0 Å². The molecule has 2 aromatic rings. The third kappa shape index (κ3) is 8.84. The normalized spacial score (nSPS) is 17.9. The van der Waals surface area contributed by atoms with E-state index in [1.807, 2.05) is 6.92 Å². The Bertz CT molecular complexity index is 1240. The van der Waals surface area contributed by atoms with E-state index >= 15 is 0 Å². The maximum Gasteiger partial charge on any atom is 0.412 e. The highest BCUT2D eigenvalue weighted by Crippen LogP contribution is 2.24. The predicted molar refractivity (Wildman–Crippen MR) is 151 cm³/mol. The first-order chi connectivity index (χ1) is 19.3. The molecule has 41 heavy (non-hydrogen) atoms. The number of ether oxygens (including phenoxy) is 2. The summed E-state index contributed by atoms with van der Waals surface area (Å²) in [4.78, 5) is 55.6. The van der Waals surface area contributed by atoms with Crippen LogP contribution in [0.25, 0.3) is 10.9 Å². The lowest BCUT2D eigenvalue weighted by Gasteiger charge is -2.36. The average molecular weight is 575 g/mol. The quantitative estimate of drug-likeness (QED) is 0.272. The van der Waals surface area contributed by atoms with Crippen LogP contribution in [0.4, 0.5) is 4.79 Å². The van der Waals surface area contributed by atoms with Crippen molar-refractivity contribution in [1.29, 1.82) is 0 Å². The van der Waals surface area contributed by atoms with Gasteiger partial charge in [0.25, 0.3) is 0 Å². The number of carboxylic acids is 1. The minimum atomic E-state index is -1.16. The Morgan fingerprint density at radius 1 is 1.22 bits per heavy atom. The Hall–Kier alpha value is -3.80. The van der Waals surface area contributed by atoms with Crippen molar-refractivity contribution in [3.8, 4) is 5.75 Å². The van der Waals surface area contributed by atoms with Crippen molar-refractivity contribution in [2.24, 2.45) is 5.92 Å². The summed E-state index contributed by atoms with van der Waals surface area (Å²) >= 11 is 0. The number of nitrogens with one attached hydrogen (secondary N) is 3. The third-order valence-electron chi connectivity index (χ3n) is 7.05. The molecule has 5 N–H and O–H groups in total. The van der Waals surface area contributed by atoms with E-state index in [2.05, 4.69) is 15.6 Å². The first-order valence-corrected chi connectivity index (χ1v) is 14.0.